The Morgan fingerprint density at radius 1 is 1.35 bits per heavy atom. The molecule has 1 N–H and O–H groups in total. The van der Waals surface area contributed by atoms with Crippen molar-refractivity contribution in [2.24, 2.45) is 0 Å². The number of hydrogen-bond donors (Lipinski definition) is 1. The van der Waals surface area contributed by atoms with Crippen LogP contribution in [0, 0.1) is 6.92 Å². The first-order chi connectivity index (χ1) is 8.22. The van der Waals surface area contributed by atoms with Gasteiger partial charge in [-0.05, 0) is 33.2 Å². The van der Waals surface area contributed by atoms with E-state index >= 15 is 0 Å². The number of ether oxygens (including phenoxy) is 1. The van der Waals surface area contributed by atoms with Gasteiger partial charge < -0.3 is 10.1 Å². The van der Waals surface area contributed by atoms with Gasteiger partial charge in [-0.2, -0.15) is 0 Å². The summed E-state index contributed by atoms with van der Waals surface area (Å²) < 4.78 is 5.70. The van der Waals surface area contributed by atoms with Gasteiger partial charge in [-0.1, -0.05) is 13.8 Å². The molecule has 98 valence electrons. The minimum absolute atomic E-state index is 0.170. The van der Waals surface area contributed by atoms with E-state index in [9.17, 15) is 0 Å². The molecule has 0 radical (unpaired) electrons. The summed E-state index contributed by atoms with van der Waals surface area (Å²) in [4.78, 5) is 5.97. The van der Waals surface area contributed by atoms with E-state index < -0.39 is 0 Å². The largest absolute Gasteiger partial charge is 0.371 e. The summed E-state index contributed by atoms with van der Waals surface area (Å²) in [5.74, 6) is 0. The van der Waals surface area contributed by atoms with Gasteiger partial charge in [-0.15, -0.1) is 11.3 Å². The van der Waals surface area contributed by atoms with Crippen LogP contribution in [-0.4, -0.2) is 18.1 Å². The van der Waals surface area contributed by atoms with Crippen molar-refractivity contribution in [3.8, 4) is 0 Å². The lowest BCUT2D eigenvalue weighted by Crippen LogP contribution is -2.13. The second kappa shape index (κ2) is 7.80. The molecular formula is C13H24N2OS. The molecule has 0 amide bonds. The van der Waals surface area contributed by atoms with Gasteiger partial charge in [-0.3, -0.25) is 0 Å². The first-order valence-corrected chi connectivity index (χ1v) is 7.33. The van der Waals surface area contributed by atoms with Crippen molar-refractivity contribution in [1.29, 1.82) is 0 Å². The van der Waals surface area contributed by atoms with Crippen LogP contribution in [-0.2, 0) is 11.3 Å². The SMILES string of the molecule is CCCNCc1sc(C(CC)OCC)nc1C. The Labute approximate surface area is 109 Å². The van der Waals surface area contributed by atoms with Crippen LogP contribution >= 0.6 is 11.3 Å². The van der Waals surface area contributed by atoms with Crippen molar-refractivity contribution in [2.45, 2.75) is 53.2 Å². The lowest BCUT2D eigenvalue weighted by Gasteiger charge is -2.11. The Bertz CT molecular complexity index is 325. The highest BCUT2D eigenvalue weighted by molar-refractivity contribution is 7.11. The Morgan fingerprint density at radius 3 is 2.71 bits per heavy atom. The van der Waals surface area contributed by atoms with Gasteiger partial charge in [0.15, 0.2) is 0 Å². The summed E-state index contributed by atoms with van der Waals surface area (Å²) in [6.45, 7) is 11.2. The van der Waals surface area contributed by atoms with E-state index in [1.807, 2.05) is 6.92 Å². The molecular weight excluding hydrogens is 232 g/mol. The van der Waals surface area contributed by atoms with Crippen LogP contribution in [0.5, 0.6) is 0 Å². The summed E-state index contributed by atoms with van der Waals surface area (Å²) in [5.41, 5.74) is 1.15. The minimum Gasteiger partial charge on any atom is -0.371 e. The molecule has 1 rings (SSSR count). The van der Waals surface area contributed by atoms with Crippen LogP contribution in [0.4, 0.5) is 0 Å². The van der Waals surface area contributed by atoms with Crippen LogP contribution < -0.4 is 5.32 Å². The lowest BCUT2D eigenvalue weighted by atomic mass is 10.3. The number of rotatable bonds is 8. The zero-order chi connectivity index (χ0) is 12.7. The second-order valence-electron chi connectivity index (χ2n) is 4.09. The molecule has 0 saturated carbocycles. The maximum absolute atomic E-state index is 5.70. The zero-order valence-electron chi connectivity index (χ0n) is 11.4. The van der Waals surface area contributed by atoms with Crippen molar-refractivity contribution in [1.82, 2.24) is 10.3 Å². The van der Waals surface area contributed by atoms with Crippen molar-refractivity contribution in [3.63, 3.8) is 0 Å². The molecule has 0 aliphatic heterocycles. The van der Waals surface area contributed by atoms with Crippen LogP contribution in [0.2, 0.25) is 0 Å². The summed E-state index contributed by atoms with van der Waals surface area (Å²) in [6, 6.07) is 0. The number of aryl methyl sites for hydroxylation is 1. The van der Waals surface area contributed by atoms with E-state index in [1.165, 1.54) is 11.3 Å². The monoisotopic (exact) mass is 256 g/mol. The number of nitrogens with one attached hydrogen (secondary N) is 1. The summed E-state index contributed by atoms with van der Waals surface area (Å²) >= 11 is 1.78. The molecule has 1 aromatic rings. The van der Waals surface area contributed by atoms with E-state index in [2.05, 4.69) is 31.1 Å². The maximum atomic E-state index is 5.70. The third-order valence-corrected chi connectivity index (χ3v) is 3.89. The summed E-state index contributed by atoms with van der Waals surface area (Å²) in [7, 11) is 0. The normalized spacial score (nSPS) is 12.9. The van der Waals surface area contributed by atoms with Gasteiger partial charge in [0.2, 0.25) is 0 Å². The fourth-order valence-corrected chi connectivity index (χ4v) is 2.86. The third kappa shape index (κ3) is 4.37. The molecule has 0 fully saturated rings. The molecule has 0 aromatic carbocycles. The molecule has 0 spiro atoms. The smallest absolute Gasteiger partial charge is 0.122 e. The van der Waals surface area contributed by atoms with Crippen molar-refractivity contribution < 1.29 is 4.74 Å². The Morgan fingerprint density at radius 2 is 2.12 bits per heavy atom. The third-order valence-electron chi connectivity index (χ3n) is 2.64. The van der Waals surface area contributed by atoms with E-state index in [4.69, 9.17) is 4.74 Å². The fourth-order valence-electron chi connectivity index (χ4n) is 1.70. The average molecular weight is 256 g/mol. The number of nitrogens with zero attached hydrogens (tertiary/aromatic N) is 1. The Kier molecular flexibility index (Phi) is 6.70. The molecule has 4 heteroatoms. The fraction of sp³-hybridized carbons (Fsp3) is 0.769. The Hall–Kier alpha value is -0.450. The highest BCUT2D eigenvalue weighted by Crippen LogP contribution is 2.28. The minimum atomic E-state index is 0.170. The number of thiazole rings is 1. The predicted octanol–water partition coefficient (Wildman–Crippen LogP) is 3.44. The van der Waals surface area contributed by atoms with E-state index in [0.29, 0.717) is 0 Å². The van der Waals surface area contributed by atoms with Crippen LogP contribution in [0.15, 0.2) is 0 Å². The summed E-state index contributed by atoms with van der Waals surface area (Å²) in [6.07, 6.45) is 2.33. The molecule has 0 saturated heterocycles. The number of hydrogen-bond acceptors (Lipinski definition) is 4. The zero-order valence-corrected chi connectivity index (χ0v) is 12.2. The van der Waals surface area contributed by atoms with Gasteiger partial charge in [0.05, 0.1) is 5.69 Å². The molecule has 3 nitrogen and oxygen atoms in total. The van der Waals surface area contributed by atoms with E-state index in [-0.39, 0.29) is 6.10 Å². The molecule has 1 atom stereocenters. The van der Waals surface area contributed by atoms with Crippen LogP contribution in [0.1, 0.15) is 55.3 Å². The van der Waals surface area contributed by atoms with Gasteiger partial charge in [0, 0.05) is 18.0 Å². The Balaban J connectivity index is 2.65. The van der Waals surface area contributed by atoms with Gasteiger partial charge >= 0.3 is 0 Å². The molecule has 1 unspecified atom stereocenters. The highest BCUT2D eigenvalue weighted by Gasteiger charge is 2.15. The maximum Gasteiger partial charge on any atom is 0.122 e. The van der Waals surface area contributed by atoms with Gasteiger partial charge in [0.1, 0.15) is 11.1 Å². The van der Waals surface area contributed by atoms with Gasteiger partial charge in [-0.25, -0.2) is 4.98 Å². The molecule has 0 bridgehead atoms. The van der Waals surface area contributed by atoms with Crippen LogP contribution in [0.3, 0.4) is 0 Å². The summed E-state index contributed by atoms with van der Waals surface area (Å²) in [5, 5.41) is 4.55. The molecule has 1 heterocycles. The first-order valence-electron chi connectivity index (χ1n) is 6.51. The standard InChI is InChI=1S/C13H24N2OS/c1-5-8-14-9-12-10(4)15-13(17-12)11(6-2)16-7-3/h11,14H,5-9H2,1-4H3. The second-order valence-corrected chi connectivity index (χ2v) is 5.20. The first kappa shape index (κ1) is 14.6. The van der Waals surface area contributed by atoms with E-state index in [1.54, 1.807) is 11.3 Å². The van der Waals surface area contributed by atoms with Crippen LogP contribution in [0.25, 0.3) is 0 Å². The molecule has 0 aliphatic rings. The van der Waals surface area contributed by atoms with Crippen molar-refractivity contribution in [3.05, 3.63) is 15.6 Å². The van der Waals surface area contributed by atoms with E-state index in [0.717, 1.165) is 36.8 Å². The highest BCUT2D eigenvalue weighted by atomic mass is 32.1. The lowest BCUT2D eigenvalue weighted by molar-refractivity contribution is 0.0596. The quantitative estimate of drug-likeness (QED) is 0.723. The molecule has 0 aliphatic carbocycles. The molecule has 1 aromatic heterocycles. The van der Waals surface area contributed by atoms with Gasteiger partial charge in [0.25, 0.3) is 0 Å². The predicted molar refractivity (Wildman–Crippen MR) is 73.5 cm³/mol. The molecule has 17 heavy (non-hydrogen) atoms. The number of aromatic nitrogens is 1. The topological polar surface area (TPSA) is 34.1 Å². The van der Waals surface area contributed by atoms with Crippen molar-refractivity contribution >= 4 is 11.3 Å². The van der Waals surface area contributed by atoms with Crippen molar-refractivity contribution in [2.75, 3.05) is 13.2 Å². The average Bonchev–Trinajstić information content (AvgIpc) is 2.68.